The summed E-state index contributed by atoms with van der Waals surface area (Å²) in [5.41, 5.74) is 0. The van der Waals surface area contributed by atoms with Crippen LogP contribution in [0.1, 0.15) is 103 Å². The Labute approximate surface area is 265 Å². The van der Waals surface area contributed by atoms with Gasteiger partial charge in [0.15, 0.2) is 0 Å². The van der Waals surface area contributed by atoms with Crippen LogP contribution in [0.3, 0.4) is 0 Å². The van der Waals surface area contributed by atoms with Crippen molar-refractivity contribution in [3.63, 3.8) is 0 Å². The minimum absolute atomic E-state index is 0.0255. The van der Waals surface area contributed by atoms with Crippen LogP contribution in [0.5, 0.6) is 0 Å². The molecule has 258 valence electrons. The zero-order valence-corrected chi connectivity index (χ0v) is 27.2. The molecule has 5 unspecified atom stereocenters. The maximum Gasteiger partial charge on any atom is 0.104 e. The molecule has 0 spiro atoms. The summed E-state index contributed by atoms with van der Waals surface area (Å²) in [5.74, 6) is 0. The molecule has 0 aromatic heterocycles. The Morgan fingerprint density at radius 1 is 0.477 bits per heavy atom. The maximum absolute atomic E-state index is 10.4. The molecule has 44 heavy (non-hydrogen) atoms. The van der Waals surface area contributed by atoms with E-state index in [4.69, 9.17) is 37.9 Å². The van der Waals surface area contributed by atoms with Crippen LogP contribution in [0.15, 0.2) is 0 Å². The van der Waals surface area contributed by atoms with Gasteiger partial charge < -0.3 is 48.1 Å². The average Bonchev–Trinajstić information content (AvgIpc) is 3.33. The molecule has 5 atom stereocenters. The van der Waals surface area contributed by atoms with Gasteiger partial charge in [-0.25, -0.2) is 0 Å². The first-order valence-corrected chi connectivity index (χ1v) is 17.8. The first kappa shape index (κ1) is 36.4. The van der Waals surface area contributed by atoms with E-state index in [1.807, 2.05) is 0 Å². The summed E-state index contributed by atoms with van der Waals surface area (Å²) < 4.78 is 47.6. The summed E-state index contributed by atoms with van der Waals surface area (Å²) in [6, 6.07) is 0. The molecule has 0 aromatic carbocycles. The van der Waals surface area contributed by atoms with Gasteiger partial charge in [0.25, 0.3) is 0 Å². The van der Waals surface area contributed by atoms with Gasteiger partial charge in [-0.1, -0.05) is 64.2 Å². The lowest BCUT2D eigenvalue weighted by atomic mass is 9.98. The van der Waals surface area contributed by atoms with Crippen molar-refractivity contribution in [2.45, 2.75) is 152 Å². The van der Waals surface area contributed by atoms with E-state index in [1.54, 1.807) is 0 Å². The molecule has 1 saturated heterocycles. The predicted octanol–water partition coefficient (Wildman–Crippen LogP) is 4.35. The summed E-state index contributed by atoms with van der Waals surface area (Å²) in [7, 11) is 0. The van der Waals surface area contributed by atoms with E-state index in [1.165, 1.54) is 64.2 Å². The molecular formula is C34H62O10. The van der Waals surface area contributed by atoms with E-state index >= 15 is 0 Å². The number of ether oxygens (including phenoxy) is 8. The third kappa shape index (κ3) is 15.5. The Bertz CT molecular complexity index is 686. The third-order valence-electron chi connectivity index (χ3n) is 9.21. The third-order valence-corrected chi connectivity index (χ3v) is 9.21. The van der Waals surface area contributed by atoms with Crippen LogP contribution >= 0.6 is 0 Å². The Morgan fingerprint density at radius 3 is 1.50 bits per heavy atom. The molecule has 2 N–H and O–H groups in total. The molecule has 0 bridgehead atoms. The quantitative estimate of drug-likeness (QED) is 0.188. The van der Waals surface area contributed by atoms with Gasteiger partial charge in [-0.05, 0) is 38.5 Å². The van der Waals surface area contributed by atoms with Gasteiger partial charge in [0.05, 0.1) is 84.4 Å². The second-order valence-electron chi connectivity index (χ2n) is 13.4. The second-order valence-corrected chi connectivity index (χ2v) is 13.4. The Morgan fingerprint density at radius 2 is 0.932 bits per heavy atom. The van der Waals surface area contributed by atoms with Gasteiger partial charge in [-0.3, -0.25) is 0 Å². The highest BCUT2D eigenvalue weighted by Crippen LogP contribution is 2.23. The van der Waals surface area contributed by atoms with E-state index in [0.29, 0.717) is 52.4 Å². The highest BCUT2D eigenvalue weighted by atomic mass is 16.6. The minimum Gasteiger partial charge on any atom is -0.388 e. The van der Waals surface area contributed by atoms with Crippen molar-refractivity contribution in [2.24, 2.45) is 0 Å². The van der Waals surface area contributed by atoms with Crippen LogP contribution in [0, 0.1) is 0 Å². The lowest BCUT2D eigenvalue weighted by molar-refractivity contribution is -0.175. The van der Waals surface area contributed by atoms with Gasteiger partial charge in [0.1, 0.15) is 30.5 Å². The fourth-order valence-electron chi connectivity index (χ4n) is 6.61. The zero-order valence-electron chi connectivity index (χ0n) is 27.2. The molecule has 4 fully saturated rings. The number of hydrogen-bond acceptors (Lipinski definition) is 10. The van der Waals surface area contributed by atoms with Gasteiger partial charge >= 0.3 is 0 Å². The van der Waals surface area contributed by atoms with Gasteiger partial charge in [0, 0.05) is 0 Å². The molecule has 3 saturated carbocycles. The standard InChI is InChI=1S/C34H62O10/c35-27(17-37-21-32-24-43-33(26-42-32)25-41-30-13-9-4-10-14-30)18-38-22-34(44-31-15-5-1-2-6-16-31)23-39-19-28(36)20-40-29-11-7-3-8-12-29/h27-36H,1-26H2. The predicted molar refractivity (Wildman–Crippen MR) is 166 cm³/mol. The summed E-state index contributed by atoms with van der Waals surface area (Å²) in [5, 5.41) is 20.8. The Hall–Kier alpha value is -0.400. The van der Waals surface area contributed by atoms with Crippen molar-refractivity contribution >= 4 is 0 Å². The molecule has 1 heterocycles. The van der Waals surface area contributed by atoms with Crippen LogP contribution in [0.2, 0.25) is 0 Å². The number of rotatable bonds is 20. The monoisotopic (exact) mass is 630 g/mol. The van der Waals surface area contributed by atoms with Crippen molar-refractivity contribution in [3.05, 3.63) is 0 Å². The number of aliphatic hydroxyl groups is 2. The average molecular weight is 631 g/mol. The largest absolute Gasteiger partial charge is 0.388 e. The van der Waals surface area contributed by atoms with Crippen molar-refractivity contribution in [1.82, 2.24) is 0 Å². The second kappa shape index (κ2) is 22.2. The summed E-state index contributed by atoms with van der Waals surface area (Å²) in [4.78, 5) is 0. The first-order chi connectivity index (χ1) is 21.6. The minimum atomic E-state index is -0.755. The number of aliphatic hydroxyl groups excluding tert-OH is 2. The number of hydrogen-bond donors (Lipinski definition) is 2. The van der Waals surface area contributed by atoms with Crippen molar-refractivity contribution in [3.8, 4) is 0 Å². The zero-order chi connectivity index (χ0) is 30.7. The van der Waals surface area contributed by atoms with E-state index < -0.39 is 12.2 Å². The molecule has 10 nitrogen and oxygen atoms in total. The summed E-state index contributed by atoms with van der Waals surface area (Å²) in [6.07, 6.45) is 17.9. The highest BCUT2D eigenvalue weighted by Gasteiger charge is 2.25. The molecule has 4 aliphatic rings. The van der Waals surface area contributed by atoms with Crippen LogP contribution in [-0.4, -0.2) is 125 Å². The summed E-state index contributed by atoms with van der Waals surface area (Å²) in [6.45, 7) is 3.36. The highest BCUT2D eigenvalue weighted by molar-refractivity contribution is 4.72. The van der Waals surface area contributed by atoms with Crippen molar-refractivity contribution in [1.29, 1.82) is 0 Å². The molecule has 10 heteroatoms. The van der Waals surface area contributed by atoms with E-state index in [0.717, 1.165) is 38.5 Å². The molecule has 4 rings (SSSR count). The van der Waals surface area contributed by atoms with Crippen LogP contribution in [-0.2, 0) is 37.9 Å². The molecule has 3 aliphatic carbocycles. The van der Waals surface area contributed by atoms with E-state index in [2.05, 4.69) is 0 Å². The molecule has 1 aliphatic heterocycles. The SMILES string of the molecule is OC(COCC1COC(COC2CCCCC2)CO1)COCC(COCC(O)COC1CCCCC1)OC1CCCCCC1. The Kier molecular flexibility index (Phi) is 18.4. The first-order valence-electron chi connectivity index (χ1n) is 17.8. The fraction of sp³-hybridized carbons (Fsp3) is 1.00. The molecule has 0 aromatic rings. The normalized spacial score (nSPS) is 27.1. The lowest BCUT2D eigenvalue weighted by Crippen LogP contribution is -2.41. The fourth-order valence-corrected chi connectivity index (χ4v) is 6.61. The smallest absolute Gasteiger partial charge is 0.104 e. The molecular weight excluding hydrogens is 568 g/mol. The van der Waals surface area contributed by atoms with E-state index in [-0.39, 0.29) is 50.3 Å². The van der Waals surface area contributed by atoms with Crippen molar-refractivity contribution in [2.75, 3.05) is 66.1 Å². The lowest BCUT2D eigenvalue weighted by Gasteiger charge is -2.31. The van der Waals surface area contributed by atoms with Gasteiger partial charge in [-0.2, -0.15) is 0 Å². The maximum atomic E-state index is 10.4. The van der Waals surface area contributed by atoms with Gasteiger partial charge in [-0.15, -0.1) is 0 Å². The van der Waals surface area contributed by atoms with Crippen molar-refractivity contribution < 1.29 is 48.1 Å². The summed E-state index contributed by atoms with van der Waals surface area (Å²) >= 11 is 0. The topological polar surface area (TPSA) is 114 Å². The van der Waals surface area contributed by atoms with E-state index in [9.17, 15) is 10.2 Å². The molecule has 0 radical (unpaired) electrons. The van der Waals surface area contributed by atoms with Crippen LogP contribution in [0.25, 0.3) is 0 Å². The van der Waals surface area contributed by atoms with Crippen LogP contribution < -0.4 is 0 Å². The molecule has 0 amide bonds. The van der Waals surface area contributed by atoms with Crippen LogP contribution in [0.4, 0.5) is 0 Å². The Balaban J connectivity index is 1.05. The van der Waals surface area contributed by atoms with Gasteiger partial charge in [0.2, 0.25) is 0 Å².